The molecule has 1 fully saturated rings. The molecule has 0 radical (unpaired) electrons. The summed E-state index contributed by atoms with van der Waals surface area (Å²) in [5.41, 5.74) is 0. The zero-order valence-corrected chi connectivity index (χ0v) is 10.3. The van der Waals surface area contributed by atoms with Crippen molar-refractivity contribution in [3.63, 3.8) is 0 Å². The summed E-state index contributed by atoms with van der Waals surface area (Å²) < 4.78 is 10.1. The number of carbonyl (C=O) groups is 1. The topological polar surface area (TPSA) is 84.8 Å². The lowest BCUT2D eigenvalue weighted by Gasteiger charge is -2.15. The third-order valence-corrected chi connectivity index (χ3v) is 2.79. The maximum absolute atomic E-state index is 11.8. The molecule has 0 saturated carbocycles. The molecule has 2 heterocycles. The molecule has 1 aliphatic rings. The Bertz CT molecular complexity index is 430. The van der Waals surface area contributed by atoms with E-state index in [4.69, 9.17) is 14.6 Å². The molecule has 1 aromatic heterocycles. The molecule has 0 aliphatic carbocycles. The van der Waals surface area contributed by atoms with Crippen LogP contribution in [0.1, 0.15) is 6.42 Å². The predicted octanol–water partition coefficient (Wildman–Crippen LogP) is -0.161. The van der Waals surface area contributed by atoms with Crippen molar-refractivity contribution in [1.29, 1.82) is 0 Å². The quantitative estimate of drug-likeness (QED) is 0.802. The molecule has 1 amide bonds. The Kier molecular flexibility index (Phi) is 3.61. The fraction of sp³-hybridized carbons (Fsp3) is 0.545. The van der Waals surface area contributed by atoms with Crippen LogP contribution in [0.15, 0.2) is 6.07 Å². The molecular formula is C11H15N3O4. The third-order valence-electron chi connectivity index (χ3n) is 2.79. The van der Waals surface area contributed by atoms with Gasteiger partial charge in [0.1, 0.15) is 0 Å². The lowest BCUT2D eigenvalue weighted by atomic mass is 10.1. The molecule has 0 spiro atoms. The van der Waals surface area contributed by atoms with Crippen LogP contribution in [0.25, 0.3) is 0 Å². The van der Waals surface area contributed by atoms with Gasteiger partial charge in [-0.25, -0.2) is 0 Å². The van der Waals surface area contributed by atoms with Crippen molar-refractivity contribution in [2.75, 3.05) is 32.3 Å². The Morgan fingerprint density at radius 3 is 2.44 bits per heavy atom. The number of ether oxygens (including phenoxy) is 2. The van der Waals surface area contributed by atoms with E-state index in [1.807, 2.05) is 0 Å². The second-order valence-corrected chi connectivity index (χ2v) is 4.01. The highest BCUT2D eigenvalue weighted by Gasteiger charge is 2.32. The number of rotatable bonds is 4. The molecule has 1 aliphatic heterocycles. The lowest BCUT2D eigenvalue weighted by Crippen LogP contribution is -2.27. The summed E-state index contributed by atoms with van der Waals surface area (Å²) >= 11 is 0. The molecule has 1 aromatic rings. The van der Waals surface area contributed by atoms with Crippen LogP contribution in [0.3, 0.4) is 0 Å². The van der Waals surface area contributed by atoms with Gasteiger partial charge in [-0.05, 0) is 0 Å². The van der Waals surface area contributed by atoms with Crippen LogP contribution < -0.4 is 14.4 Å². The predicted molar refractivity (Wildman–Crippen MR) is 62.7 cm³/mol. The second kappa shape index (κ2) is 5.18. The van der Waals surface area contributed by atoms with E-state index in [1.165, 1.54) is 25.2 Å². The van der Waals surface area contributed by atoms with Gasteiger partial charge in [-0.1, -0.05) is 0 Å². The highest BCUT2D eigenvalue weighted by Crippen LogP contribution is 2.25. The molecule has 1 atom stereocenters. The van der Waals surface area contributed by atoms with Crippen LogP contribution in [0, 0.1) is 5.92 Å². The molecule has 18 heavy (non-hydrogen) atoms. The monoisotopic (exact) mass is 253 g/mol. The van der Waals surface area contributed by atoms with E-state index in [0.717, 1.165) is 0 Å². The van der Waals surface area contributed by atoms with Crippen LogP contribution >= 0.6 is 0 Å². The van der Waals surface area contributed by atoms with Crippen molar-refractivity contribution >= 4 is 11.9 Å². The average molecular weight is 253 g/mol. The molecule has 1 saturated heterocycles. The van der Waals surface area contributed by atoms with Gasteiger partial charge in [0.15, 0.2) is 0 Å². The molecule has 7 heteroatoms. The van der Waals surface area contributed by atoms with E-state index >= 15 is 0 Å². The molecule has 1 N–H and O–H groups in total. The zero-order valence-electron chi connectivity index (χ0n) is 10.3. The summed E-state index contributed by atoms with van der Waals surface area (Å²) in [5, 5.41) is 9.08. The van der Waals surface area contributed by atoms with Gasteiger partial charge in [-0.2, -0.15) is 9.97 Å². The number of methoxy groups -OCH3 is 2. The van der Waals surface area contributed by atoms with Gasteiger partial charge in [0, 0.05) is 25.5 Å². The van der Waals surface area contributed by atoms with Crippen molar-refractivity contribution in [2.24, 2.45) is 5.92 Å². The van der Waals surface area contributed by atoms with E-state index in [-0.39, 0.29) is 24.4 Å². The van der Waals surface area contributed by atoms with Gasteiger partial charge in [0.05, 0.1) is 20.3 Å². The molecule has 2 rings (SSSR count). The SMILES string of the molecule is COc1cc(OC)nc(N2CC(CO)CC2=O)n1. The van der Waals surface area contributed by atoms with Crippen molar-refractivity contribution in [3.8, 4) is 11.8 Å². The summed E-state index contributed by atoms with van der Waals surface area (Å²) in [6.07, 6.45) is 0.305. The van der Waals surface area contributed by atoms with E-state index < -0.39 is 0 Å². The first kappa shape index (κ1) is 12.6. The molecule has 7 nitrogen and oxygen atoms in total. The largest absolute Gasteiger partial charge is 0.481 e. The number of amides is 1. The number of nitrogens with zero attached hydrogens (tertiary/aromatic N) is 3. The van der Waals surface area contributed by atoms with Gasteiger partial charge >= 0.3 is 0 Å². The number of aliphatic hydroxyl groups excluding tert-OH is 1. The van der Waals surface area contributed by atoms with E-state index in [1.54, 1.807) is 0 Å². The maximum atomic E-state index is 11.8. The number of hydrogen-bond acceptors (Lipinski definition) is 6. The number of aliphatic hydroxyl groups is 1. The highest BCUT2D eigenvalue weighted by molar-refractivity contribution is 5.94. The van der Waals surface area contributed by atoms with Crippen molar-refractivity contribution in [2.45, 2.75) is 6.42 Å². The first-order valence-electron chi connectivity index (χ1n) is 5.56. The van der Waals surface area contributed by atoms with E-state index in [2.05, 4.69) is 9.97 Å². The van der Waals surface area contributed by atoms with Crippen LogP contribution in [-0.4, -0.2) is 48.4 Å². The first-order valence-corrected chi connectivity index (χ1v) is 5.56. The zero-order chi connectivity index (χ0) is 13.1. The molecular weight excluding hydrogens is 238 g/mol. The first-order chi connectivity index (χ1) is 8.67. The van der Waals surface area contributed by atoms with Gasteiger partial charge in [0.2, 0.25) is 23.6 Å². The Morgan fingerprint density at radius 1 is 1.39 bits per heavy atom. The smallest absolute Gasteiger partial charge is 0.238 e. The van der Waals surface area contributed by atoms with E-state index in [9.17, 15) is 4.79 Å². The van der Waals surface area contributed by atoms with Crippen molar-refractivity contribution in [3.05, 3.63) is 6.07 Å². The van der Waals surface area contributed by atoms with Gasteiger partial charge < -0.3 is 14.6 Å². The molecule has 98 valence electrons. The Morgan fingerprint density at radius 2 is 2.00 bits per heavy atom. The van der Waals surface area contributed by atoms with Crippen LogP contribution in [0.4, 0.5) is 5.95 Å². The van der Waals surface area contributed by atoms with Crippen LogP contribution in [0.5, 0.6) is 11.8 Å². The summed E-state index contributed by atoms with van der Waals surface area (Å²) in [7, 11) is 2.96. The fourth-order valence-electron chi connectivity index (χ4n) is 1.82. The Labute approximate surface area is 104 Å². The normalized spacial score (nSPS) is 19.2. The maximum Gasteiger partial charge on any atom is 0.238 e. The minimum Gasteiger partial charge on any atom is -0.481 e. The standard InChI is InChI=1S/C11H15N3O4/c1-17-8-4-9(18-2)13-11(12-8)14-5-7(6-15)3-10(14)16/h4,7,15H,3,5-6H2,1-2H3. The summed E-state index contributed by atoms with van der Waals surface area (Å²) in [6.45, 7) is 0.384. The van der Waals surface area contributed by atoms with Crippen LogP contribution in [0.2, 0.25) is 0 Å². The third kappa shape index (κ3) is 2.35. The lowest BCUT2D eigenvalue weighted by molar-refractivity contribution is -0.117. The number of carbonyl (C=O) groups excluding carboxylic acids is 1. The van der Waals surface area contributed by atoms with Gasteiger partial charge in [-0.15, -0.1) is 0 Å². The minimum absolute atomic E-state index is 0.0245. The number of hydrogen-bond donors (Lipinski definition) is 1. The average Bonchev–Trinajstić information content (AvgIpc) is 2.79. The second-order valence-electron chi connectivity index (χ2n) is 4.01. The minimum atomic E-state index is -0.107. The van der Waals surface area contributed by atoms with Crippen molar-refractivity contribution < 1.29 is 19.4 Å². The Hall–Kier alpha value is -1.89. The Balaban J connectivity index is 2.30. The van der Waals surface area contributed by atoms with E-state index in [0.29, 0.717) is 24.7 Å². The van der Waals surface area contributed by atoms with Crippen molar-refractivity contribution in [1.82, 2.24) is 9.97 Å². The fourth-order valence-corrected chi connectivity index (χ4v) is 1.82. The highest BCUT2D eigenvalue weighted by atomic mass is 16.5. The molecule has 1 unspecified atom stereocenters. The summed E-state index contributed by atoms with van der Waals surface area (Å²) in [4.78, 5) is 21.5. The molecule has 0 bridgehead atoms. The number of anilines is 1. The van der Waals surface area contributed by atoms with Gasteiger partial charge in [-0.3, -0.25) is 9.69 Å². The molecule has 0 aromatic carbocycles. The van der Waals surface area contributed by atoms with Crippen LogP contribution in [-0.2, 0) is 4.79 Å². The summed E-state index contributed by atoms with van der Waals surface area (Å²) in [5.74, 6) is 0.726. The van der Waals surface area contributed by atoms with Gasteiger partial charge in [0.25, 0.3) is 0 Å². The summed E-state index contributed by atoms with van der Waals surface area (Å²) in [6, 6.07) is 1.54. The number of aromatic nitrogens is 2.